The Balaban J connectivity index is 0.940. The number of fused-ring (bicyclic) bond motifs is 4. The molecule has 4 fully saturated rings. The molecule has 3 aliphatic heterocycles. The number of aromatic nitrogens is 6. The van der Waals surface area contributed by atoms with Gasteiger partial charge in [0.05, 0.1) is 15.8 Å². The maximum atomic E-state index is 16.9. The number of pyridine rings is 1. The van der Waals surface area contributed by atoms with Crippen LogP contribution in [0.5, 0.6) is 6.01 Å². The van der Waals surface area contributed by atoms with Crippen LogP contribution < -0.4 is 15.0 Å². The van der Waals surface area contributed by atoms with E-state index in [1.807, 2.05) is 30.3 Å². The third-order valence-corrected chi connectivity index (χ3v) is 12.3. The summed E-state index contributed by atoms with van der Waals surface area (Å²) in [5.74, 6) is 2.98. The van der Waals surface area contributed by atoms with Crippen molar-refractivity contribution in [1.29, 1.82) is 0 Å². The van der Waals surface area contributed by atoms with Crippen molar-refractivity contribution in [1.82, 2.24) is 39.3 Å². The lowest BCUT2D eigenvalue weighted by atomic mass is 9.96. The Morgan fingerprint density at radius 3 is 2.62 bits per heavy atom. The van der Waals surface area contributed by atoms with Gasteiger partial charge in [0.1, 0.15) is 35.3 Å². The molecule has 278 valence electrons. The zero-order chi connectivity index (χ0) is 37.2. The highest BCUT2D eigenvalue weighted by atomic mass is 32.2. The van der Waals surface area contributed by atoms with Crippen LogP contribution in [0.25, 0.3) is 32.9 Å². The van der Waals surface area contributed by atoms with Crippen molar-refractivity contribution in [2.75, 3.05) is 31.1 Å². The van der Waals surface area contributed by atoms with Gasteiger partial charge in [0.15, 0.2) is 22.6 Å². The molecular formula is C41H37F2N9O2S. The number of nitrogens with one attached hydrogen (secondary N) is 1. The molecule has 6 heterocycles. The smallest absolute Gasteiger partial charge is 0.319 e. The highest BCUT2D eigenvalue weighted by Crippen LogP contribution is 2.39. The SMILES string of the molecule is C#Cc1c(F)ccc2cccc(-c3ncc4c(N5CC6CCC(C5)N6)nc(OC5CCN(Cc6cccc(S(=O)n7cnc(C8CC8)n7)c6)C5)nc4c3F)c12. The number of benzene rings is 3. The minimum absolute atomic E-state index is 0.0264. The highest BCUT2D eigenvalue weighted by molar-refractivity contribution is 7.83. The number of terminal acetylenes is 1. The summed E-state index contributed by atoms with van der Waals surface area (Å²) >= 11 is 0. The minimum atomic E-state index is -1.49. The van der Waals surface area contributed by atoms with E-state index in [2.05, 4.69) is 41.1 Å². The molecule has 4 atom stereocenters. The average molecular weight is 758 g/mol. The molecule has 0 spiro atoms. The molecule has 10 rings (SSSR count). The van der Waals surface area contributed by atoms with Crippen molar-refractivity contribution in [3.8, 4) is 29.6 Å². The maximum Gasteiger partial charge on any atom is 0.319 e. The van der Waals surface area contributed by atoms with Crippen molar-refractivity contribution in [3.63, 3.8) is 0 Å². The van der Waals surface area contributed by atoms with E-state index < -0.39 is 22.6 Å². The molecule has 0 amide bonds. The molecule has 0 radical (unpaired) electrons. The predicted octanol–water partition coefficient (Wildman–Crippen LogP) is 5.74. The van der Waals surface area contributed by atoms with Gasteiger partial charge in [-0.1, -0.05) is 42.3 Å². The topological polar surface area (TPSA) is 114 Å². The fourth-order valence-electron chi connectivity index (χ4n) is 8.34. The average Bonchev–Trinajstić information content (AvgIpc) is 3.59. The van der Waals surface area contributed by atoms with Gasteiger partial charge >= 0.3 is 6.01 Å². The Hall–Kier alpha value is -5.36. The molecule has 1 saturated carbocycles. The fraction of sp³-hybridized carbons (Fsp3) is 0.341. The van der Waals surface area contributed by atoms with Crippen molar-refractivity contribution in [2.45, 2.75) is 67.6 Å². The molecule has 11 nitrogen and oxygen atoms in total. The first-order valence-electron chi connectivity index (χ1n) is 18.8. The van der Waals surface area contributed by atoms with Crippen LogP contribution in [0.2, 0.25) is 0 Å². The molecular weight excluding hydrogens is 721 g/mol. The summed E-state index contributed by atoms with van der Waals surface area (Å²) in [7, 11) is -1.49. The maximum absolute atomic E-state index is 16.9. The fourth-order valence-corrected chi connectivity index (χ4v) is 9.29. The van der Waals surface area contributed by atoms with Gasteiger partial charge in [0, 0.05) is 67.9 Å². The van der Waals surface area contributed by atoms with Crippen LogP contribution in [0, 0.1) is 24.0 Å². The van der Waals surface area contributed by atoms with Gasteiger partial charge in [-0.2, -0.15) is 14.1 Å². The number of hydrogen-bond donors (Lipinski definition) is 1. The molecule has 6 aromatic rings. The minimum Gasteiger partial charge on any atom is -0.459 e. The molecule has 2 bridgehead atoms. The summed E-state index contributed by atoms with van der Waals surface area (Å²) in [4.78, 5) is 23.7. The van der Waals surface area contributed by atoms with Crippen LogP contribution in [0.1, 0.15) is 55.0 Å². The van der Waals surface area contributed by atoms with Gasteiger partial charge < -0.3 is 15.0 Å². The van der Waals surface area contributed by atoms with E-state index in [1.54, 1.807) is 30.7 Å². The first kappa shape index (κ1) is 34.2. The first-order valence-corrected chi connectivity index (χ1v) is 19.9. The van der Waals surface area contributed by atoms with E-state index in [1.165, 1.54) is 10.2 Å². The second-order valence-electron chi connectivity index (χ2n) is 15.0. The Morgan fingerprint density at radius 1 is 0.964 bits per heavy atom. The number of nitrogens with zero attached hydrogens (tertiary/aromatic N) is 8. The number of likely N-dealkylation sites (tertiary alicyclic amines) is 1. The third kappa shape index (κ3) is 6.39. The number of halogens is 2. The van der Waals surface area contributed by atoms with Crippen LogP contribution >= 0.6 is 0 Å². The Morgan fingerprint density at radius 2 is 1.80 bits per heavy atom. The van der Waals surface area contributed by atoms with Crippen molar-refractivity contribution in [2.24, 2.45) is 0 Å². The lowest BCUT2D eigenvalue weighted by Crippen LogP contribution is -2.51. The monoisotopic (exact) mass is 757 g/mol. The lowest BCUT2D eigenvalue weighted by Gasteiger charge is -2.34. The number of piperazine rings is 1. The molecule has 1 aliphatic carbocycles. The number of ether oxygens (including phenoxy) is 1. The summed E-state index contributed by atoms with van der Waals surface area (Å²) in [6.07, 6.45) is 13.7. The van der Waals surface area contributed by atoms with E-state index in [0.29, 0.717) is 63.5 Å². The molecule has 3 aromatic carbocycles. The Bertz CT molecular complexity index is 2540. The first-order chi connectivity index (χ1) is 26.9. The van der Waals surface area contributed by atoms with Gasteiger partial charge in [-0.3, -0.25) is 9.88 Å². The molecule has 3 aromatic heterocycles. The van der Waals surface area contributed by atoms with Crippen LogP contribution in [-0.4, -0.2) is 82.6 Å². The molecule has 14 heteroatoms. The summed E-state index contributed by atoms with van der Waals surface area (Å²) in [6.45, 7) is 3.46. The van der Waals surface area contributed by atoms with Crippen LogP contribution in [0.3, 0.4) is 0 Å². The van der Waals surface area contributed by atoms with Crippen LogP contribution in [0.4, 0.5) is 14.6 Å². The van der Waals surface area contributed by atoms with Gasteiger partial charge in [0.2, 0.25) is 0 Å². The summed E-state index contributed by atoms with van der Waals surface area (Å²) in [5, 5.41) is 9.70. The zero-order valence-electron chi connectivity index (χ0n) is 29.9. The summed E-state index contributed by atoms with van der Waals surface area (Å²) in [6, 6.07) is 16.7. The van der Waals surface area contributed by atoms with E-state index in [9.17, 15) is 8.60 Å². The van der Waals surface area contributed by atoms with E-state index in [0.717, 1.165) is 63.1 Å². The summed E-state index contributed by atoms with van der Waals surface area (Å²) in [5.41, 5.74) is 1.58. The number of hydrogen-bond acceptors (Lipinski definition) is 10. The molecule has 55 heavy (non-hydrogen) atoms. The molecule has 1 N–H and O–H groups in total. The van der Waals surface area contributed by atoms with Gasteiger partial charge in [-0.05, 0) is 61.3 Å². The predicted molar refractivity (Wildman–Crippen MR) is 205 cm³/mol. The third-order valence-electron chi connectivity index (χ3n) is 11.2. The van der Waals surface area contributed by atoms with Crippen molar-refractivity contribution in [3.05, 3.63) is 95.7 Å². The van der Waals surface area contributed by atoms with Gasteiger partial charge in [-0.15, -0.1) is 11.5 Å². The van der Waals surface area contributed by atoms with E-state index >= 15 is 4.39 Å². The number of anilines is 1. The van der Waals surface area contributed by atoms with Crippen molar-refractivity contribution < 1.29 is 17.7 Å². The van der Waals surface area contributed by atoms with Crippen molar-refractivity contribution >= 4 is 38.5 Å². The van der Waals surface area contributed by atoms with E-state index in [-0.39, 0.29) is 28.9 Å². The van der Waals surface area contributed by atoms with Gasteiger partial charge in [0.25, 0.3) is 0 Å². The van der Waals surface area contributed by atoms with Crippen LogP contribution in [-0.2, 0) is 17.5 Å². The largest absolute Gasteiger partial charge is 0.459 e. The second-order valence-corrected chi connectivity index (χ2v) is 16.3. The van der Waals surface area contributed by atoms with Crippen LogP contribution in [0.15, 0.2) is 72.0 Å². The number of rotatable bonds is 9. The van der Waals surface area contributed by atoms with E-state index in [4.69, 9.17) is 16.1 Å². The Kier molecular flexibility index (Phi) is 8.53. The quantitative estimate of drug-likeness (QED) is 0.183. The summed E-state index contributed by atoms with van der Waals surface area (Å²) < 4.78 is 53.1. The Labute approximate surface area is 318 Å². The van der Waals surface area contributed by atoms with Gasteiger partial charge in [-0.25, -0.2) is 18.0 Å². The standard InChI is InChI=1S/C41H37F2N9O2S/c1-2-31-34(42)14-11-25-6-4-8-32(35(25)31)37-36(43)38-33(18-44-37)40(51-20-27-12-13-28(21-51)46-27)48-41(47-38)54-29-15-16-50(22-29)19-24-5-3-7-30(17-24)55(53)52-23-45-39(49-52)26-9-10-26/h1,3-8,11,14,17-18,23,26-29,46H,9-10,12-13,15-16,19-22H2. The highest BCUT2D eigenvalue weighted by Gasteiger charge is 2.35. The lowest BCUT2D eigenvalue weighted by molar-refractivity contribution is 0.184. The second kappa shape index (κ2) is 13.7. The molecule has 4 aliphatic rings. The molecule has 3 saturated heterocycles. The zero-order valence-corrected chi connectivity index (χ0v) is 30.7. The molecule has 4 unspecified atom stereocenters. The normalized spacial score (nSPS) is 21.7.